The molecule has 0 saturated heterocycles. The normalized spacial score (nSPS) is 19.9. The van der Waals surface area contributed by atoms with E-state index in [9.17, 15) is 0 Å². The lowest BCUT2D eigenvalue weighted by Gasteiger charge is -2.26. The van der Waals surface area contributed by atoms with E-state index in [-0.39, 0.29) is 0 Å². The number of unbranched alkanes of at least 4 members (excludes halogenated alkanes) is 5. The molecule has 1 aromatic rings. The van der Waals surface area contributed by atoms with Crippen molar-refractivity contribution in [1.82, 2.24) is 0 Å². The molecule has 2 rings (SSSR count). The van der Waals surface area contributed by atoms with Crippen molar-refractivity contribution in [1.29, 1.82) is 0 Å². The Labute approximate surface area is 175 Å². The smallest absolute Gasteiger partial charge is 0.119 e. The molecule has 0 bridgehead atoms. The summed E-state index contributed by atoms with van der Waals surface area (Å²) in [6.07, 6.45) is 23.7. The first-order valence-electron chi connectivity index (χ1n) is 12.2. The minimum absolute atomic E-state index is 0.839. The molecule has 1 aliphatic carbocycles. The molecular formula is C27H44O. The lowest BCUT2D eigenvalue weighted by Crippen LogP contribution is -2.13. The van der Waals surface area contributed by atoms with Gasteiger partial charge in [-0.05, 0) is 74.5 Å². The van der Waals surface area contributed by atoms with Crippen LogP contribution >= 0.6 is 0 Å². The first-order chi connectivity index (χ1) is 13.8. The van der Waals surface area contributed by atoms with Crippen LogP contribution in [0.1, 0.15) is 103 Å². The van der Waals surface area contributed by atoms with E-state index < -0.39 is 0 Å². The van der Waals surface area contributed by atoms with Crippen LogP contribution in [0.25, 0.3) is 0 Å². The molecule has 28 heavy (non-hydrogen) atoms. The summed E-state index contributed by atoms with van der Waals surface area (Å²) in [5.74, 6) is 2.88. The van der Waals surface area contributed by atoms with Gasteiger partial charge in [-0.2, -0.15) is 0 Å². The van der Waals surface area contributed by atoms with Gasteiger partial charge in [0.05, 0.1) is 6.61 Å². The van der Waals surface area contributed by atoms with Crippen LogP contribution in [-0.4, -0.2) is 6.61 Å². The molecule has 1 saturated carbocycles. The molecule has 0 atom stereocenters. The SMILES string of the molecule is CCCCCCOc1ccc(CCC=C[C@H]2CC[C@H](CCCCC)CC2)cc1. The van der Waals surface area contributed by atoms with Crippen LogP contribution in [0, 0.1) is 11.8 Å². The molecule has 0 unspecified atom stereocenters. The highest BCUT2D eigenvalue weighted by Gasteiger charge is 2.18. The summed E-state index contributed by atoms with van der Waals surface area (Å²) < 4.78 is 5.84. The van der Waals surface area contributed by atoms with Crippen LogP contribution in [0.2, 0.25) is 0 Å². The van der Waals surface area contributed by atoms with E-state index in [1.165, 1.54) is 82.6 Å². The van der Waals surface area contributed by atoms with Gasteiger partial charge in [0.15, 0.2) is 0 Å². The highest BCUT2D eigenvalue weighted by atomic mass is 16.5. The van der Waals surface area contributed by atoms with Crippen molar-refractivity contribution in [2.75, 3.05) is 6.61 Å². The molecule has 0 N–H and O–H groups in total. The molecule has 1 heteroatoms. The number of aryl methyl sites for hydroxylation is 1. The zero-order chi connectivity index (χ0) is 19.9. The molecule has 0 amide bonds. The zero-order valence-electron chi connectivity index (χ0n) is 18.6. The van der Waals surface area contributed by atoms with E-state index >= 15 is 0 Å². The zero-order valence-corrected chi connectivity index (χ0v) is 18.6. The Morgan fingerprint density at radius 1 is 0.857 bits per heavy atom. The van der Waals surface area contributed by atoms with Crippen LogP contribution in [0.15, 0.2) is 36.4 Å². The Balaban J connectivity index is 1.56. The van der Waals surface area contributed by atoms with E-state index in [0.717, 1.165) is 37.0 Å². The van der Waals surface area contributed by atoms with Crippen LogP contribution < -0.4 is 4.74 Å². The van der Waals surface area contributed by atoms with Crippen molar-refractivity contribution in [3.63, 3.8) is 0 Å². The van der Waals surface area contributed by atoms with Crippen molar-refractivity contribution < 1.29 is 4.74 Å². The predicted octanol–water partition coefficient (Wildman–Crippen LogP) is 8.52. The van der Waals surface area contributed by atoms with Gasteiger partial charge in [-0.3, -0.25) is 0 Å². The van der Waals surface area contributed by atoms with E-state index in [2.05, 4.69) is 50.3 Å². The Kier molecular flexibility index (Phi) is 12.1. The van der Waals surface area contributed by atoms with Gasteiger partial charge in [0.1, 0.15) is 5.75 Å². The van der Waals surface area contributed by atoms with Crippen molar-refractivity contribution in [2.45, 2.75) is 104 Å². The molecule has 1 fully saturated rings. The lowest BCUT2D eigenvalue weighted by atomic mass is 9.79. The standard InChI is InChI=1S/C27H44O/c1-3-5-7-11-23-28-27-21-19-26(20-22-27)14-10-9-13-25-17-15-24(16-18-25)12-8-6-4-2/h9,13,19-22,24-25H,3-8,10-12,14-18,23H2,1-2H3/t24-,25-. The Bertz CT molecular complexity index is 508. The summed E-state index contributed by atoms with van der Waals surface area (Å²) in [5.41, 5.74) is 1.42. The minimum atomic E-state index is 0.839. The van der Waals surface area contributed by atoms with Gasteiger partial charge in [0, 0.05) is 0 Å². The average Bonchev–Trinajstić information content (AvgIpc) is 2.73. The largest absolute Gasteiger partial charge is 0.494 e. The van der Waals surface area contributed by atoms with Gasteiger partial charge in [-0.15, -0.1) is 0 Å². The monoisotopic (exact) mass is 384 g/mol. The van der Waals surface area contributed by atoms with Crippen LogP contribution in [0.5, 0.6) is 5.75 Å². The van der Waals surface area contributed by atoms with Crippen molar-refractivity contribution >= 4 is 0 Å². The van der Waals surface area contributed by atoms with Gasteiger partial charge in [-0.1, -0.05) is 83.1 Å². The Hall–Kier alpha value is -1.24. The second-order valence-corrected chi connectivity index (χ2v) is 8.80. The van der Waals surface area contributed by atoms with Gasteiger partial charge in [0.2, 0.25) is 0 Å². The second kappa shape index (κ2) is 14.7. The fourth-order valence-corrected chi connectivity index (χ4v) is 4.36. The minimum Gasteiger partial charge on any atom is -0.494 e. The number of benzene rings is 1. The lowest BCUT2D eigenvalue weighted by molar-refractivity contribution is 0.289. The maximum absolute atomic E-state index is 5.84. The number of rotatable bonds is 14. The van der Waals surface area contributed by atoms with Gasteiger partial charge >= 0.3 is 0 Å². The van der Waals surface area contributed by atoms with Crippen LogP contribution in [0.3, 0.4) is 0 Å². The number of allylic oxidation sites excluding steroid dienone is 2. The Morgan fingerprint density at radius 2 is 1.57 bits per heavy atom. The first kappa shape index (κ1) is 23.0. The third kappa shape index (κ3) is 9.80. The summed E-state index contributed by atoms with van der Waals surface area (Å²) in [4.78, 5) is 0. The molecule has 0 radical (unpaired) electrons. The highest BCUT2D eigenvalue weighted by molar-refractivity contribution is 5.27. The summed E-state index contributed by atoms with van der Waals surface area (Å²) in [5, 5.41) is 0. The van der Waals surface area contributed by atoms with Crippen molar-refractivity contribution in [3.8, 4) is 5.75 Å². The summed E-state index contributed by atoms with van der Waals surface area (Å²) in [7, 11) is 0. The molecule has 1 aliphatic rings. The van der Waals surface area contributed by atoms with Gasteiger partial charge in [-0.25, -0.2) is 0 Å². The topological polar surface area (TPSA) is 9.23 Å². The van der Waals surface area contributed by atoms with Gasteiger partial charge < -0.3 is 4.74 Å². The van der Waals surface area contributed by atoms with E-state index in [0.29, 0.717) is 0 Å². The van der Waals surface area contributed by atoms with Crippen LogP contribution in [0.4, 0.5) is 0 Å². The molecule has 1 nitrogen and oxygen atoms in total. The fourth-order valence-electron chi connectivity index (χ4n) is 4.36. The Morgan fingerprint density at radius 3 is 2.29 bits per heavy atom. The average molecular weight is 385 g/mol. The predicted molar refractivity (Wildman–Crippen MR) is 123 cm³/mol. The van der Waals surface area contributed by atoms with Crippen LogP contribution in [-0.2, 0) is 6.42 Å². The summed E-state index contributed by atoms with van der Waals surface area (Å²) >= 11 is 0. The highest BCUT2D eigenvalue weighted by Crippen LogP contribution is 2.32. The molecule has 1 aromatic carbocycles. The quantitative estimate of drug-likeness (QED) is 0.231. The fraction of sp³-hybridized carbons (Fsp3) is 0.704. The molecular weight excluding hydrogens is 340 g/mol. The molecule has 0 spiro atoms. The summed E-state index contributed by atoms with van der Waals surface area (Å²) in [6, 6.07) is 8.74. The van der Waals surface area contributed by atoms with Crippen molar-refractivity contribution in [2.24, 2.45) is 11.8 Å². The van der Waals surface area contributed by atoms with E-state index in [1.807, 2.05) is 0 Å². The maximum Gasteiger partial charge on any atom is 0.119 e. The first-order valence-corrected chi connectivity index (χ1v) is 12.2. The van der Waals surface area contributed by atoms with Gasteiger partial charge in [0.25, 0.3) is 0 Å². The third-order valence-corrected chi connectivity index (χ3v) is 6.31. The summed E-state index contributed by atoms with van der Waals surface area (Å²) in [6.45, 7) is 5.40. The van der Waals surface area contributed by atoms with Crippen molar-refractivity contribution in [3.05, 3.63) is 42.0 Å². The second-order valence-electron chi connectivity index (χ2n) is 8.80. The number of hydrogen-bond donors (Lipinski definition) is 0. The number of ether oxygens (including phenoxy) is 1. The van der Waals surface area contributed by atoms with E-state index in [1.54, 1.807) is 0 Å². The number of hydrogen-bond acceptors (Lipinski definition) is 1. The third-order valence-electron chi connectivity index (χ3n) is 6.31. The van der Waals surface area contributed by atoms with E-state index in [4.69, 9.17) is 4.74 Å². The molecule has 0 aromatic heterocycles. The maximum atomic E-state index is 5.84. The molecule has 0 aliphatic heterocycles. The molecule has 158 valence electrons. The molecule has 0 heterocycles.